The van der Waals surface area contributed by atoms with E-state index < -0.39 is 23.5 Å². The molecule has 2 amide bonds. The summed E-state index contributed by atoms with van der Waals surface area (Å²) in [6, 6.07) is 4.56. The van der Waals surface area contributed by atoms with Crippen LogP contribution in [0.15, 0.2) is 24.4 Å². The molecule has 3 N–H and O–H groups in total. The third-order valence-electron chi connectivity index (χ3n) is 5.39. The maximum absolute atomic E-state index is 14.4. The first-order chi connectivity index (χ1) is 12.4. The zero-order valence-corrected chi connectivity index (χ0v) is 14.3. The highest BCUT2D eigenvalue weighted by atomic mass is 19.1. The molecule has 0 bridgehead atoms. The molecular weight excluding hydrogens is 341 g/mol. The van der Waals surface area contributed by atoms with Crippen LogP contribution in [-0.2, 0) is 4.79 Å². The topological polar surface area (TPSA) is 104 Å². The molecule has 0 spiro atoms. The van der Waals surface area contributed by atoms with Crippen LogP contribution in [0.25, 0.3) is 10.8 Å². The predicted molar refractivity (Wildman–Crippen MR) is 90.7 cm³/mol. The fourth-order valence-electron chi connectivity index (χ4n) is 3.89. The number of nitrogens with zero attached hydrogens (tertiary/aromatic N) is 1. The molecule has 0 unspecified atom stereocenters. The van der Waals surface area contributed by atoms with Gasteiger partial charge in [-0.2, -0.15) is 0 Å². The number of rotatable bonds is 5. The third kappa shape index (κ3) is 2.21. The van der Waals surface area contributed by atoms with Crippen molar-refractivity contribution < 1.29 is 23.5 Å². The van der Waals surface area contributed by atoms with Gasteiger partial charge in [-0.15, -0.1) is 0 Å². The first-order valence-corrected chi connectivity index (χ1v) is 8.27. The van der Waals surface area contributed by atoms with Crippen molar-refractivity contribution in [2.75, 3.05) is 13.7 Å². The summed E-state index contributed by atoms with van der Waals surface area (Å²) < 4.78 is 25.4. The molecule has 4 atom stereocenters. The number of primary amides is 1. The number of benzene rings is 1. The molecule has 136 valence electrons. The van der Waals surface area contributed by atoms with E-state index in [0.29, 0.717) is 22.4 Å². The van der Waals surface area contributed by atoms with E-state index in [2.05, 4.69) is 10.3 Å². The number of pyridine rings is 1. The molecule has 2 aliphatic rings. The molecule has 1 aromatic carbocycles. The van der Waals surface area contributed by atoms with E-state index in [9.17, 15) is 14.0 Å². The Morgan fingerprint density at radius 3 is 2.85 bits per heavy atom. The Labute approximate surface area is 148 Å². The lowest BCUT2D eigenvalue weighted by atomic mass is 10.1. The highest BCUT2D eigenvalue weighted by molar-refractivity contribution is 6.01. The minimum absolute atomic E-state index is 0.110. The molecule has 7 nitrogen and oxygen atoms in total. The van der Waals surface area contributed by atoms with E-state index >= 15 is 0 Å². The van der Waals surface area contributed by atoms with Gasteiger partial charge in [-0.25, -0.2) is 9.37 Å². The number of carbonyl (C=O) groups excluding carboxylic acids is 2. The maximum atomic E-state index is 14.4. The van der Waals surface area contributed by atoms with Gasteiger partial charge in [0.15, 0.2) is 5.67 Å². The Kier molecular flexibility index (Phi) is 3.54. The zero-order valence-electron chi connectivity index (χ0n) is 14.3. The fraction of sp³-hybridized carbons (Fsp3) is 0.389. The second-order valence-corrected chi connectivity index (χ2v) is 6.73. The molecule has 1 saturated carbocycles. The van der Waals surface area contributed by atoms with Gasteiger partial charge in [0.2, 0.25) is 5.88 Å². The largest absolute Gasteiger partial charge is 0.496 e. The van der Waals surface area contributed by atoms with E-state index in [1.807, 2.05) is 0 Å². The molecule has 0 radical (unpaired) electrons. The minimum Gasteiger partial charge on any atom is -0.496 e. The Hall–Kier alpha value is -2.90. The van der Waals surface area contributed by atoms with E-state index in [4.69, 9.17) is 15.2 Å². The molecule has 1 aliphatic carbocycles. The number of nitrogens with one attached hydrogen (secondary N) is 1. The van der Waals surface area contributed by atoms with Crippen LogP contribution in [0.1, 0.15) is 17.3 Å². The summed E-state index contributed by atoms with van der Waals surface area (Å²) in [6.07, 6.45) is 1.54. The molecule has 2 fully saturated rings. The number of amides is 2. The molecule has 2 heterocycles. The van der Waals surface area contributed by atoms with Gasteiger partial charge in [0, 0.05) is 23.4 Å². The Balaban J connectivity index is 1.61. The van der Waals surface area contributed by atoms with E-state index in [1.54, 1.807) is 31.3 Å². The van der Waals surface area contributed by atoms with Crippen molar-refractivity contribution >= 4 is 22.6 Å². The molecule has 2 aromatic rings. The van der Waals surface area contributed by atoms with Crippen LogP contribution < -0.4 is 20.5 Å². The predicted octanol–water partition coefficient (Wildman–Crippen LogP) is 1.19. The van der Waals surface area contributed by atoms with Crippen molar-refractivity contribution in [1.82, 2.24) is 10.3 Å². The highest BCUT2D eigenvalue weighted by Gasteiger charge is 2.75. The van der Waals surface area contributed by atoms with Gasteiger partial charge in [0.05, 0.1) is 18.7 Å². The number of hydrogen-bond donors (Lipinski definition) is 2. The van der Waals surface area contributed by atoms with Crippen LogP contribution in [0, 0.1) is 11.8 Å². The van der Waals surface area contributed by atoms with Crippen LogP contribution in [0.4, 0.5) is 4.39 Å². The van der Waals surface area contributed by atoms with Gasteiger partial charge in [-0.05, 0) is 23.6 Å². The van der Waals surface area contributed by atoms with Crippen molar-refractivity contribution in [2.24, 2.45) is 17.6 Å². The van der Waals surface area contributed by atoms with Crippen LogP contribution in [0.2, 0.25) is 0 Å². The first kappa shape index (κ1) is 16.6. The Morgan fingerprint density at radius 1 is 1.46 bits per heavy atom. The summed E-state index contributed by atoms with van der Waals surface area (Å²) in [5.74, 6) is -1.21. The number of fused-ring (bicyclic) bond motifs is 2. The van der Waals surface area contributed by atoms with Gasteiger partial charge >= 0.3 is 0 Å². The lowest BCUT2D eigenvalue weighted by Gasteiger charge is -2.16. The number of hydrogen-bond acceptors (Lipinski definition) is 5. The molecule has 1 saturated heterocycles. The first-order valence-electron chi connectivity index (χ1n) is 8.27. The minimum atomic E-state index is -1.76. The van der Waals surface area contributed by atoms with Crippen LogP contribution in [-0.4, -0.2) is 42.2 Å². The summed E-state index contributed by atoms with van der Waals surface area (Å²) in [5, 5.41) is 3.98. The summed E-state index contributed by atoms with van der Waals surface area (Å²) >= 11 is 0. The Bertz CT molecular complexity index is 934. The summed E-state index contributed by atoms with van der Waals surface area (Å²) in [5.41, 5.74) is 3.87. The van der Waals surface area contributed by atoms with Crippen LogP contribution in [0.3, 0.4) is 0 Å². The molecule has 26 heavy (non-hydrogen) atoms. The fourth-order valence-corrected chi connectivity index (χ4v) is 3.89. The Morgan fingerprint density at radius 2 is 2.23 bits per heavy atom. The van der Waals surface area contributed by atoms with Gasteiger partial charge in [0.25, 0.3) is 11.8 Å². The molecule has 1 aliphatic heterocycles. The van der Waals surface area contributed by atoms with Crippen LogP contribution in [0.5, 0.6) is 11.6 Å². The van der Waals surface area contributed by atoms with E-state index in [-0.39, 0.29) is 24.0 Å². The van der Waals surface area contributed by atoms with Gasteiger partial charge < -0.3 is 20.5 Å². The van der Waals surface area contributed by atoms with Crippen LogP contribution >= 0.6 is 0 Å². The van der Waals surface area contributed by atoms with Crippen molar-refractivity contribution in [3.63, 3.8) is 0 Å². The van der Waals surface area contributed by atoms with Gasteiger partial charge in [0.1, 0.15) is 12.4 Å². The summed E-state index contributed by atoms with van der Waals surface area (Å²) in [7, 11) is 1.44. The highest BCUT2D eigenvalue weighted by Crippen LogP contribution is 2.59. The molecule has 8 heteroatoms. The van der Waals surface area contributed by atoms with Crippen molar-refractivity contribution in [2.45, 2.75) is 18.6 Å². The number of carbonyl (C=O) groups is 2. The van der Waals surface area contributed by atoms with Crippen molar-refractivity contribution in [3.8, 4) is 11.6 Å². The van der Waals surface area contributed by atoms with Gasteiger partial charge in [-0.1, -0.05) is 6.92 Å². The number of methoxy groups -OCH3 is 1. The standard InChI is InChI=1S/C18H18FN3O4/c1-8-14-12(22-17(24)18(8,14)19)7-26-16-10-6-13(25-2)11(15(20)23)5-9(10)3-4-21-16/h3-6,8,12,14H,7H2,1-2H3,(H2,20,23)(H,22,24)/t8-,12-,14-,18+/m1/s1. The molecule has 1 aromatic heterocycles. The lowest BCUT2D eigenvalue weighted by molar-refractivity contribution is -0.126. The van der Waals surface area contributed by atoms with Gasteiger partial charge in [-0.3, -0.25) is 9.59 Å². The van der Waals surface area contributed by atoms with E-state index in [0.717, 1.165) is 0 Å². The lowest BCUT2D eigenvalue weighted by Crippen LogP contribution is -2.38. The number of alkyl halides is 1. The second kappa shape index (κ2) is 5.55. The summed E-state index contributed by atoms with van der Waals surface area (Å²) in [4.78, 5) is 27.5. The monoisotopic (exact) mass is 359 g/mol. The molecular formula is C18H18FN3O4. The average Bonchev–Trinajstić information content (AvgIpc) is 3.07. The normalized spacial score (nSPS) is 29.2. The number of piperidine rings is 1. The second-order valence-electron chi connectivity index (χ2n) is 6.73. The maximum Gasteiger partial charge on any atom is 0.258 e. The van der Waals surface area contributed by atoms with E-state index in [1.165, 1.54) is 7.11 Å². The zero-order chi connectivity index (χ0) is 18.6. The smallest absolute Gasteiger partial charge is 0.258 e. The summed E-state index contributed by atoms with van der Waals surface area (Å²) in [6.45, 7) is 1.83. The number of nitrogens with two attached hydrogens (primary N) is 1. The third-order valence-corrected chi connectivity index (χ3v) is 5.39. The van der Waals surface area contributed by atoms with Crippen molar-refractivity contribution in [3.05, 3.63) is 30.0 Å². The average molecular weight is 359 g/mol. The number of aromatic nitrogens is 1. The quantitative estimate of drug-likeness (QED) is 0.835. The number of ether oxygens (including phenoxy) is 2. The van der Waals surface area contributed by atoms with Crippen molar-refractivity contribution in [1.29, 1.82) is 0 Å². The number of halogens is 1. The molecule has 4 rings (SSSR count). The SMILES string of the molecule is COc1cc2c(OC[C@H]3NC(=O)[C@@]4(F)[C@@H]3[C@H]4C)nccc2cc1C(N)=O.